The summed E-state index contributed by atoms with van der Waals surface area (Å²) in [6.07, 6.45) is 7.58. The maximum atomic E-state index is 11.4. The zero-order valence-electron chi connectivity index (χ0n) is 17.2. The number of carbonyl (C=O) groups excluding carboxylic acids is 1. The van der Waals surface area contributed by atoms with Crippen LogP contribution in [0.1, 0.15) is 44.1 Å². The zero-order chi connectivity index (χ0) is 20.2. The van der Waals surface area contributed by atoms with Gasteiger partial charge < -0.3 is 10.1 Å². The molecule has 0 aliphatic heterocycles. The largest absolute Gasteiger partial charge is 0.512 e. The van der Waals surface area contributed by atoms with Crippen molar-refractivity contribution in [2.45, 2.75) is 45.4 Å². The molecule has 1 saturated carbocycles. The predicted molar refractivity (Wildman–Crippen MR) is 117 cm³/mol. The first-order chi connectivity index (χ1) is 14.1. The van der Waals surface area contributed by atoms with Gasteiger partial charge in [-0.3, -0.25) is 4.79 Å². The number of pyridine rings is 1. The molecule has 157 valence electrons. The van der Waals surface area contributed by atoms with Gasteiger partial charge in [0.2, 0.25) is 0 Å². The molecule has 1 fully saturated rings. The Morgan fingerprint density at radius 3 is 2.60 bits per heavy atom. The van der Waals surface area contributed by atoms with E-state index in [2.05, 4.69) is 42.2 Å². The Labute approximate surface area is 191 Å². The zero-order valence-corrected chi connectivity index (χ0v) is 19.5. The third kappa shape index (κ3) is 4.88. The molecular weight excluding hydrogens is 551 g/mol. The molecule has 5 rings (SSSR count). The number of aliphatic hydroxyl groups excluding tert-OH is 1. The summed E-state index contributed by atoms with van der Waals surface area (Å²) in [5.74, 6) is 0.972. The van der Waals surface area contributed by atoms with Crippen LogP contribution in [0.5, 0.6) is 0 Å². The number of nitrogens with zero attached hydrogens (tertiary/aromatic N) is 1. The summed E-state index contributed by atoms with van der Waals surface area (Å²) in [5.41, 5.74) is 4.05. The van der Waals surface area contributed by atoms with Gasteiger partial charge in [-0.15, -0.1) is 35.9 Å². The second-order valence-electron chi connectivity index (χ2n) is 7.91. The van der Waals surface area contributed by atoms with E-state index in [-0.39, 0.29) is 25.9 Å². The van der Waals surface area contributed by atoms with Crippen molar-refractivity contribution >= 4 is 16.6 Å². The SMILES string of the molecule is Cc1cccc2cc(-c3[c-]cccc3)ncc12.O=C1CCCC2CCCC(O)=C12.[Ir]. The maximum Gasteiger partial charge on any atom is 0.162 e. The minimum atomic E-state index is 0. The van der Waals surface area contributed by atoms with Crippen molar-refractivity contribution in [1.29, 1.82) is 0 Å². The Kier molecular flexibility index (Phi) is 7.58. The van der Waals surface area contributed by atoms with E-state index < -0.39 is 0 Å². The van der Waals surface area contributed by atoms with E-state index in [1.165, 1.54) is 16.3 Å². The number of aromatic nitrogens is 1. The molecule has 1 heterocycles. The number of aryl methyl sites for hydroxylation is 1. The minimum Gasteiger partial charge on any atom is -0.512 e. The van der Waals surface area contributed by atoms with Gasteiger partial charge in [-0.25, -0.2) is 0 Å². The van der Waals surface area contributed by atoms with Crippen LogP contribution in [0.2, 0.25) is 0 Å². The number of hydrogen-bond donors (Lipinski definition) is 1. The van der Waals surface area contributed by atoms with Crippen LogP contribution in [0, 0.1) is 18.9 Å². The van der Waals surface area contributed by atoms with Gasteiger partial charge in [-0.2, -0.15) is 0 Å². The van der Waals surface area contributed by atoms with Crippen molar-refractivity contribution in [3.63, 3.8) is 0 Å². The molecule has 2 aliphatic carbocycles. The topological polar surface area (TPSA) is 50.2 Å². The fourth-order valence-electron chi connectivity index (χ4n) is 4.38. The van der Waals surface area contributed by atoms with Crippen molar-refractivity contribution in [2.24, 2.45) is 5.92 Å². The fourth-order valence-corrected chi connectivity index (χ4v) is 4.38. The molecule has 1 radical (unpaired) electrons. The number of rotatable bonds is 1. The first-order valence-electron chi connectivity index (χ1n) is 10.4. The number of allylic oxidation sites excluding steroid dienone is 2. The number of ketones is 1. The number of benzene rings is 2. The standard InChI is InChI=1S/C16H12N.C10H14O2.Ir/c1-12-6-5-9-14-10-16(17-11-15(12)14)13-7-3-2-4-8-13;11-8-5-1-3-7-4-2-6-9(12)10(7)8;/h2-7,9-11H,1H3;7,11H,1-6H2;/q-1;;. The fraction of sp³-hybridized carbons (Fsp3) is 0.308. The second kappa shape index (κ2) is 10.1. The van der Waals surface area contributed by atoms with Crippen LogP contribution in [0.4, 0.5) is 0 Å². The maximum absolute atomic E-state index is 11.4. The number of carbonyl (C=O) groups is 1. The van der Waals surface area contributed by atoms with Gasteiger partial charge in [-0.1, -0.05) is 24.3 Å². The molecule has 1 unspecified atom stereocenters. The van der Waals surface area contributed by atoms with E-state index in [9.17, 15) is 9.90 Å². The average Bonchev–Trinajstić information content (AvgIpc) is 2.75. The molecule has 2 aliphatic rings. The second-order valence-corrected chi connectivity index (χ2v) is 7.91. The van der Waals surface area contributed by atoms with Gasteiger partial charge in [0, 0.05) is 50.1 Å². The van der Waals surface area contributed by atoms with Crippen molar-refractivity contribution in [2.75, 3.05) is 0 Å². The van der Waals surface area contributed by atoms with Crippen LogP contribution in [0.25, 0.3) is 22.0 Å². The van der Waals surface area contributed by atoms with Gasteiger partial charge in [0.05, 0.1) is 5.76 Å². The monoisotopic (exact) mass is 577 g/mol. The normalized spacial score (nSPS) is 18.2. The molecule has 3 aromatic rings. The Morgan fingerprint density at radius 1 is 1.07 bits per heavy atom. The van der Waals surface area contributed by atoms with E-state index in [0.29, 0.717) is 18.1 Å². The molecule has 3 nitrogen and oxygen atoms in total. The summed E-state index contributed by atoms with van der Waals surface area (Å²) < 4.78 is 0. The molecule has 0 saturated heterocycles. The van der Waals surface area contributed by atoms with Crippen LogP contribution >= 0.6 is 0 Å². The molecule has 1 atom stereocenters. The van der Waals surface area contributed by atoms with E-state index >= 15 is 0 Å². The summed E-state index contributed by atoms with van der Waals surface area (Å²) in [5, 5.41) is 12.0. The number of hydrogen-bond acceptors (Lipinski definition) is 3. The van der Waals surface area contributed by atoms with E-state index in [1.54, 1.807) is 0 Å². The number of Topliss-reactive ketones (excluding diaryl/α,β-unsaturated/α-hetero) is 1. The molecule has 0 bridgehead atoms. The van der Waals surface area contributed by atoms with Crippen LogP contribution in [-0.4, -0.2) is 15.9 Å². The van der Waals surface area contributed by atoms with Crippen molar-refractivity contribution in [3.05, 3.63) is 77.7 Å². The summed E-state index contributed by atoms with van der Waals surface area (Å²) in [7, 11) is 0. The summed E-state index contributed by atoms with van der Waals surface area (Å²) in [4.78, 5) is 15.9. The van der Waals surface area contributed by atoms with Crippen LogP contribution in [-0.2, 0) is 24.9 Å². The van der Waals surface area contributed by atoms with E-state index in [4.69, 9.17) is 0 Å². The summed E-state index contributed by atoms with van der Waals surface area (Å²) >= 11 is 0. The molecule has 1 N–H and O–H groups in total. The Morgan fingerprint density at radius 2 is 1.87 bits per heavy atom. The Hall–Kier alpha value is -2.29. The van der Waals surface area contributed by atoms with Crippen molar-refractivity contribution in [1.82, 2.24) is 4.98 Å². The van der Waals surface area contributed by atoms with Crippen LogP contribution in [0.3, 0.4) is 0 Å². The van der Waals surface area contributed by atoms with Crippen molar-refractivity contribution < 1.29 is 30.0 Å². The molecule has 4 heteroatoms. The van der Waals surface area contributed by atoms with Crippen LogP contribution < -0.4 is 0 Å². The smallest absolute Gasteiger partial charge is 0.162 e. The summed E-state index contributed by atoms with van der Waals surface area (Å²) in [6, 6.07) is 19.6. The molecule has 0 amide bonds. The van der Waals surface area contributed by atoms with Gasteiger partial charge in [0.15, 0.2) is 5.78 Å². The summed E-state index contributed by atoms with van der Waals surface area (Å²) in [6.45, 7) is 2.11. The van der Waals surface area contributed by atoms with Gasteiger partial charge in [-0.05, 0) is 55.2 Å². The Balaban J connectivity index is 0.000000175. The molecule has 30 heavy (non-hydrogen) atoms. The van der Waals surface area contributed by atoms with E-state index in [1.807, 2.05) is 30.5 Å². The number of fused-ring (bicyclic) bond motifs is 2. The number of aliphatic hydroxyl groups is 1. The Bertz CT molecular complexity index is 1060. The van der Waals surface area contributed by atoms with Crippen molar-refractivity contribution in [3.8, 4) is 11.3 Å². The van der Waals surface area contributed by atoms with Gasteiger partial charge in [0.25, 0.3) is 0 Å². The molecule has 0 spiro atoms. The first-order valence-corrected chi connectivity index (χ1v) is 10.4. The predicted octanol–water partition coefficient (Wildman–Crippen LogP) is 6.36. The van der Waals surface area contributed by atoms with Crippen LogP contribution in [0.15, 0.2) is 66.1 Å². The quantitative estimate of drug-likeness (QED) is 0.343. The molecule has 2 aromatic carbocycles. The van der Waals surface area contributed by atoms with Gasteiger partial charge >= 0.3 is 0 Å². The molecular formula is C26H26IrNO2-. The molecule has 1 aromatic heterocycles. The third-order valence-corrected chi connectivity index (χ3v) is 5.91. The first kappa shape index (κ1) is 22.4. The third-order valence-electron chi connectivity index (χ3n) is 5.91. The van der Waals surface area contributed by atoms with E-state index in [0.717, 1.165) is 48.9 Å². The minimum absolute atomic E-state index is 0. The average molecular weight is 577 g/mol. The van der Waals surface area contributed by atoms with Gasteiger partial charge in [0.1, 0.15) is 0 Å².